The van der Waals surface area contributed by atoms with Crippen LogP contribution in [-0.4, -0.2) is 21.9 Å². The summed E-state index contributed by atoms with van der Waals surface area (Å²) in [6.45, 7) is 2.47. The molecule has 1 aromatic carbocycles. The molecule has 0 saturated heterocycles. The van der Waals surface area contributed by atoms with Crippen molar-refractivity contribution < 1.29 is 19.1 Å². The van der Waals surface area contributed by atoms with Crippen LogP contribution in [0, 0.1) is 0 Å². The van der Waals surface area contributed by atoms with E-state index in [9.17, 15) is 5.11 Å². The molecular formula is C15H18N2O4. The second-order valence-corrected chi connectivity index (χ2v) is 4.94. The number of aliphatic hydroxyl groups excluding tert-OH is 1. The molecule has 0 spiro atoms. The topological polar surface area (TPSA) is 77.6 Å². The van der Waals surface area contributed by atoms with E-state index in [0.717, 1.165) is 18.7 Å². The molecule has 1 heterocycles. The van der Waals surface area contributed by atoms with Crippen molar-refractivity contribution in [1.82, 2.24) is 10.1 Å². The lowest BCUT2D eigenvalue weighted by Gasteiger charge is -2.13. The Morgan fingerprint density at radius 1 is 1.33 bits per heavy atom. The van der Waals surface area contributed by atoms with E-state index in [4.69, 9.17) is 14.0 Å². The van der Waals surface area contributed by atoms with Gasteiger partial charge in [-0.3, -0.25) is 0 Å². The number of para-hydroxylation sites is 1. The molecule has 0 bridgehead atoms. The van der Waals surface area contributed by atoms with Gasteiger partial charge in [-0.2, -0.15) is 4.98 Å². The van der Waals surface area contributed by atoms with Crippen LogP contribution in [0.4, 0.5) is 0 Å². The summed E-state index contributed by atoms with van der Waals surface area (Å²) >= 11 is 0. The number of benzene rings is 1. The number of hydrogen-bond acceptors (Lipinski definition) is 6. The van der Waals surface area contributed by atoms with E-state index in [1.807, 2.05) is 13.0 Å². The minimum absolute atomic E-state index is 0.118. The van der Waals surface area contributed by atoms with Gasteiger partial charge in [0.2, 0.25) is 0 Å². The van der Waals surface area contributed by atoms with Crippen molar-refractivity contribution >= 4 is 0 Å². The molecule has 1 N–H and O–H groups in total. The fourth-order valence-electron chi connectivity index (χ4n) is 2.09. The Morgan fingerprint density at radius 2 is 2.19 bits per heavy atom. The highest BCUT2D eigenvalue weighted by atomic mass is 16.5. The quantitative estimate of drug-likeness (QED) is 0.843. The Labute approximate surface area is 122 Å². The van der Waals surface area contributed by atoms with E-state index in [1.54, 1.807) is 12.1 Å². The molecule has 0 atom stereocenters. The van der Waals surface area contributed by atoms with Crippen molar-refractivity contribution in [3.8, 4) is 11.5 Å². The SMILES string of the molecule is CCOc1cccc(CO)c1OCc1nc(C2CC2)no1. The fraction of sp³-hybridized carbons (Fsp3) is 0.467. The number of aromatic nitrogens is 2. The molecular weight excluding hydrogens is 272 g/mol. The number of aliphatic hydroxyl groups is 1. The maximum Gasteiger partial charge on any atom is 0.264 e. The lowest BCUT2D eigenvalue weighted by Crippen LogP contribution is -2.03. The molecule has 21 heavy (non-hydrogen) atoms. The van der Waals surface area contributed by atoms with Crippen molar-refractivity contribution in [2.75, 3.05) is 6.61 Å². The molecule has 6 heteroatoms. The Bertz CT molecular complexity index is 607. The van der Waals surface area contributed by atoms with E-state index in [0.29, 0.717) is 35.5 Å². The first kappa shape index (κ1) is 13.9. The molecule has 1 saturated carbocycles. The summed E-state index contributed by atoms with van der Waals surface area (Å²) in [6.07, 6.45) is 2.25. The summed E-state index contributed by atoms with van der Waals surface area (Å²) < 4.78 is 16.4. The number of hydrogen-bond donors (Lipinski definition) is 1. The molecule has 0 unspecified atom stereocenters. The summed E-state index contributed by atoms with van der Waals surface area (Å²) in [7, 11) is 0. The van der Waals surface area contributed by atoms with Crippen molar-refractivity contribution in [3.05, 3.63) is 35.5 Å². The number of rotatable bonds is 7. The summed E-state index contributed by atoms with van der Waals surface area (Å²) in [5.41, 5.74) is 0.669. The van der Waals surface area contributed by atoms with Gasteiger partial charge in [-0.25, -0.2) is 0 Å². The summed E-state index contributed by atoms with van der Waals surface area (Å²) in [6, 6.07) is 5.42. The Balaban J connectivity index is 1.73. The van der Waals surface area contributed by atoms with E-state index in [-0.39, 0.29) is 13.2 Å². The van der Waals surface area contributed by atoms with Crippen LogP contribution in [0.1, 0.15) is 43.0 Å². The maximum atomic E-state index is 9.41. The van der Waals surface area contributed by atoms with Gasteiger partial charge in [0.25, 0.3) is 5.89 Å². The van der Waals surface area contributed by atoms with Gasteiger partial charge in [0, 0.05) is 11.5 Å². The number of nitrogens with zero attached hydrogens (tertiary/aromatic N) is 2. The molecule has 1 aliphatic carbocycles. The summed E-state index contributed by atoms with van der Waals surface area (Å²) in [5.74, 6) is 2.77. The predicted molar refractivity (Wildman–Crippen MR) is 74.1 cm³/mol. The smallest absolute Gasteiger partial charge is 0.264 e. The molecule has 1 aromatic heterocycles. The van der Waals surface area contributed by atoms with Crippen LogP contribution in [0.3, 0.4) is 0 Å². The van der Waals surface area contributed by atoms with Gasteiger partial charge in [-0.1, -0.05) is 17.3 Å². The highest BCUT2D eigenvalue weighted by Gasteiger charge is 2.28. The van der Waals surface area contributed by atoms with E-state index >= 15 is 0 Å². The third-order valence-electron chi connectivity index (χ3n) is 3.30. The van der Waals surface area contributed by atoms with Crippen molar-refractivity contribution in [1.29, 1.82) is 0 Å². The zero-order valence-corrected chi connectivity index (χ0v) is 11.9. The lowest BCUT2D eigenvalue weighted by molar-refractivity contribution is 0.215. The third-order valence-corrected chi connectivity index (χ3v) is 3.30. The average molecular weight is 290 g/mol. The van der Waals surface area contributed by atoms with Gasteiger partial charge in [0.15, 0.2) is 23.9 Å². The van der Waals surface area contributed by atoms with Crippen LogP contribution >= 0.6 is 0 Å². The molecule has 0 amide bonds. The molecule has 1 aliphatic rings. The van der Waals surface area contributed by atoms with Crippen molar-refractivity contribution in [2.45, 2.75) is 38.9 Å². The maximum absolute atomic E-state index is 9.41. The normalized spacial score (nSPS) is 14.2. The van der Waals surface area contributed by atoms with Gasteiger partial charge >= 0.3 is 0 Å². The lowest BCUT2D eigenvalue weighted by atomic mass is 10.2. The second kappa shape index (κ2) is 6.13. The zero-order chi connectivity index (χ0) is 14.7. The molecule has 6 nitrogen and oxygen atoms in total. The second-order valence-electron chi connectivity index (χ2n) is 4.94. The van der Waals surface area contributed by atoms with E-state index in [2.05, 4.69) is 10.1 Å². The molecule has 3 rings (SSSR count). The van der Waals surface area contributed by atoms with Gasteiger partial charge in [-0.15, -0.1) is 0 Å². The molecule has 1 fully saturated rings. The molecule has 0 aliphatic heterocycles. The van der Waals surface area contributed by atoms with Crippen molar-refractivity contribution in [3.63, 3.8) is 0 Å². The van der Waals surface area contributed by atoms with Crippen LogP contribution in [0.2, 0.25) is 0 Å². The highest BCUT2D eigenvalue weighted by Crippen LogP contribution is 2.38. The van der Waals surface area contributed by atoms with Gasteiger partial charge in [0.1, 0.15) is 0 Å². The zero-order valence-electron chi connectivity index (χ0n) is 11.9. The Kier molecular flexibility index (Phi) is 4.06. The fourth-order valence-corrected chi connectivity index (χ4v) is 2.09. The van der Waals surface area contributed by atoms with Gasteiger partial charge in [-0.05, 0) is 25.8 Å². The van der Waals surface area contributed by atoms with E-state index in [1.165, 1.54) is 0 Å². The van der Waals surface area contributed by atoms with Crippen LogP contribution in [0.15, 0.2) is 22.7 Å². The minimum atomic E-state index is -0.118. The van der Waals surface area contributed by atoms with Crippen LogP contribution in [0.5, 0.6) is 11.5 Å². The first-order chi connectivity index (χ1) is 10.3. The van der Waals surface area contributed by atoms with Crippen molar-refractivity contribution in [2.24, 2.45) is 0 Å². The standard InChI is InChI=1S/C15H18N2O4/c1-2-19-12-5-3-4-11(8-18)14(12)20-9-13-16-15(17-21-13)10-6-7-10/h3-5,10,18H,2,6-9H2,1H3. The first-order valence-electron chi connectivity index (χ1n) is 7.12. The summed E-state index contributed by atoms with van der Waals surface area (Å²) in [4.78, 5) is 4.31. The molecule has 2 aromatic rings. The van der Waals surface area contributed by atoms with Crippen LogP contribution in [-0.2, 0) is 13.2 Å². The predicted octanol–water partition coefficient (Wildman–Crippen LogP) is 2.42. The van der Waals surface area contributed by atoms with Crippen LogP contribution in [0.25, 0.3) is 0 Å². The number of ether oxygens (including phenoxy) is 2. The first-order valence-corrected chi connectivity index (χ1v) is 7.12. The van der Waals surface area contributed by atoms with E-state index < -0.39 is 0 Å². The van der Waals surface area contributed by atoms with Gasteiger partial charge < -0.3 is 19.1 Å². The van der Waals surface area contributed by atoms with Gasteiger partial charge in [0.05, 0.1) is 13.2 Å². The summed E-state index contributed by atoms with van der Waals surface area (Å²) in [5, 5.41) is 13.4. The van der Waals surface area contributed by atoms with Crippen LogP contribution < -0.4 is 9.47 Å². The third kappa shape index (κ3) is 3.16. The Morgan fingerprint density at radius 3 is 2.90 bits per heavy atom. The molecule has 112 valence electrons. The molecule has 0 radical (unpaired) electrons. The Hall–Kier alpha value is -2.08. The largest absolute Gasteiger partial charge is 0.490 e. The average Bonchev–Trinajstić information content (AvgIpc) is 3.25. The minimum Gasteiger partial charge on any atom is -0.490 e. The highest BCUT2D eigenvalue weighted by molar-refractivity contribution is 5.46. The monoisotopic (exact) mass is 290 g/mol.